The lowest BCUT2D eigenvalue weighted by atomic mass is 10.0. The average Bonchev–Trinajstić information content (AvgIpc) is 3.23. The van der Waals surface area contributed by atoms with E-state index < -0.39 is 9.84 Å². The summed E-state index contributed by atoms with van der Waals surface area (Å²) in [6.45, 7) is 0.475. The van der Waals surface area contributed by atoms with Crippen molar-refractivity contribution in [1.82, 2.24) is 4.90 Å². The minimum Gasteiger partial charge on any atom is -0.335 e. The maximum Gasteiger partial charge on any atom is 0.223 e. The summed E-state index contributed by atoms with van der Waals surface area (Å²) in [5, 5.41) is 0. The van der Waals surface area contributed by atoms with E-state index in [4.69, 9.17) is 0 Å². The highest BCUT2D eigenvalue weighted by atomic mass is 32.2. The van der Waals surface area contributed by atoms with Crippen LogP contribution in [0, 0.1) is 11.7 Å². The van der Waals surface area contributed by atoms with Gasteiger partial charge in [-0.25, -0.2) is 12.8 Å². The second kappa shape index (κ2) is 5.99. The van der Waals surface area contributed by atoms with Crippen molar-refractivity contribution in [2.45, 2.75) is 38.3 Å². The third-order valence-electron chi connectivity index (χ3n) is 4.36. The van der Waals surface area contributed by atoms with Crippen molar-refractivity contribution in [1.29, 1.82) is 0 Å². The predicted octanol–water partition coefficient (Wildman–Crippen LogP) is 2.14. The van der Waals surface area contributed by atoms with Crippen LogP contribution in [0.4, 0.5) is 4.39 Å². The lowest BCUT2D eigenvalue weighted by Crippen LogP contribution is -2.34. The lowest BCUT2D eigenvalue weighted by molar-refractivity contribution is -0.133. The Bertz CT molecular complexity index is 652. The molecule has 0 spiro atoms. The number of halogens is 1. The maximum atomic E-state index is 13.0. The number of hydrogen-bond acceptors (Lipinski definition) is 3. The van der Waals surface area contributed by atoms with Crippen molar-refractivity contribution in [3.05, 3.63) is 35.6 Å². The summed E-state index contributed by atoms with van der Waals surface area (Å²) in [6, 6.07) is 6.44. The standard InChI is InChI=1S/C16H20FNO3S/c17-14-3-1-12(2-4-14)10-18(15-5-6-15)16(19)9-13-7-8-22(20,21)11-13/h1-4,13,15H,5-11H2. The predicted molar refractivity (Wildman–Crippen MR) is 81.3 cm³/mol. The number of amides is 1. The van der Waals surface area contributed by atoms with Crippen molar-refractivity contribution in [3.8, 4) is 0 Å². The minimum atomic E-state index is -2.95. The average molecular weight is 325 g/mol. The van der Waals surface area contributed by atoms with Crippen LogP contribution in [-0.4, -0.2) is 36.8 Å². The topological polar surface area (TPSA) is 54.5 Å². The summed E-state index contributed by atoms with van der Waals surface area (Å²) in [6.07, 6.45) is 2.88. The van der Waals surface area contributed by atoms with Crippen LogP contribution in [0.25, 0.3) is 0 Å². The van der Waals surface area contributed by atoms with Gasteiger partial charge in [0, 0.05) is 19.0 Å². The highest BCUT2D eigenvalue weighted by Gasteiger charge is 2.35. The van der Waals surface area contributed by atoms with Gasteiger partial charge in [0.25, 0.3) is 0 Å². The summed E-state index contributed by atoms with van der Waals surface area (Å²) < 4.78 is 36.0. The molecule has 1 aromatic rings. The summed E-state index contributed by atoms with van der Waals surface area (Å²) in [7, 11) is -2.95. The smallest absolute Gasteiger partial charge is 0.223 e. The molecule has 1 saturated heterocycles. The van der Waals surface area contributed by atoms with Gasteiger partial charge in [0.15, 0.2) is 9.84 Å². The van der Waals surface area contributed by atoms with E-state index in [0.29, 0.717) is 19.4 Å². The number of rotatable bonds is 5. The van der Waals surface area contributed by atoms with Crippen molar-refractivity contribution in [3.63, 3.8) is 0 Å². The van der Waals surface area contributed by atoms with E-state index in [2.05, 4.69) is 0 Å². The monoisotopic (exact) mass is 325 g/mol. The van der Waals surface area contributed by atoms with E-state index in [9.17, 15) is 17.6 Å². The van der Waals surface area contributed by atoms with Gasteiger partial charge < -0.3 is 4.90 Å². The summed E-state index contributed by atoms with van der Waals surface area (Å²) in [4.78, 5) is 14.4. The van der Waals surface area contributed by atoms with Gasteiger partial charge in [0.05, 0.1) is 11.5 Å². The van der Waals surface area contributed by atoms with Gasteiger partial charge in [0.1, 0.15) is 5.82 Å². The molecule has 2 aliphatic rings. The van der Waals surface area contributed by atoms with Crippen LogP contribution >= 0.6 is 0 Å². The molecular weight excluding hydrogens is 305 g/mol. The second-order valence-electron chi connectivity index (χ2n) is 6.35. The van der Waals surface area contributed by atoms with E-state index >= 15 is 0 Å². The first-order chi connectivity index (χ1) is 10.4. The number of benzene rings is 1. The fraction of sp³-hybridized carbons (Fsp3) is 0.562. The van der Waals surface area contributed by atoms with Crippen LogP contribution in [0.1, 0.15) is 31.2 Å². The van der Waals surface area contributed by atoms with Crippen molar-refractivity contribution in [2.75, 3.05) is 11.5 Å². The largest absolute Gasteiger partial charge is 0.335 e. The van der Waals surface area contributed by atoms with E-state index in [1.807, 2.05) is 4.90 Å². The molecule has 1 atom stereocenters. The molecule has 1 heterocycles. The highest BCUT2D eigenvalue weighted by Crippen LogP contribution is 2.31. The molecule has 120 valence electrons. The fourth-order valence-corrected chi connectivity index (χ4v) is 4.85. The van der Waals surface area contributed by atoms with E-state index in [1.165, 1.54) is 12.1 Å². The zero-order valence-electron chi connectivity index (χ0n) is 12.4. The second-order valence-corrected chi connectivity index (χ2v) is 8.58. The molecule has 0 N–H and O–H groups in total. The summed E-state index contributed by atoms with van der Waals surface area (Å²) in [5.41, 5.74) is 0.903. The molecule has 4 nitrogen and oxygen atoms in total. The summed E-state index contributed by atoms with van der Waals surface area (Å²) in [5.74, 6) is 0.0187. The van der Waals surface area contributed by atoms with Gasteiger partial charge in [-0.3, -0.25) is 4.79 Å². The molecule has 1 amide bonds. The molecule has 1 aromatic carbocycles. The zero-order chi connectivity index (χ0) is 15.7. The van der Waals surface area contributed by atoms with Crippen molar-refractivity contribution < 1.29 is 17.6 Å². The van der Waals surface area contributed by atoms with Crippen LogP contribution in [0.3, 0.4) is 0 Å². The molecule has 0 bridgehead atoms. The molecule has 22 heavy (non-hydrogen) atoms. The van der Waals surface area contributed by atoms with E-state index in [0.717, 1.165) is 18.4 Å². The summed E-state index contributed by atoms with van der Waals surface area (Å²) >= 11 is 0. The number of nitrogens with zero attached hydrogens (tertiary/aromatic N) is 1. The van der Waals surface area contributed by atoms with Crippen LogP contribution in [0.15, 0.2) is 24.3 Å². The highest BCUT2D eigenvalue weighted by molar-refractivity contribution is 7.91. The zero-order valence-corrected chi connectivity index (χ0v) is 13.2. The van der Waals surface area contributed by atoms with Gasteiger partial charge in [-0.15, -0.1) is 0 Å². The van der Waals surface area contributed by atoms with Crippen LogP contribution in [0.2, 0.25) is 0 Å². The fourth-order valence-electron chi connectivity index (χ4n) is 2.99. The first kappa shape index (κ1) is 15.5. The normalized spacial score (nSPS) is 23.4. The molecule has 6 heteroatoms. The Hall–Kier alpha value is -1.43. The van der Waals surface area contributed by atoms with E-state index in [1.54, 1.807) is 12.1 Å². The van der Waals surface area contributed by atoms with Crippen molar-refractivity contribution >= 4 is 15.7 Å². The number of hydrogen-bond donors (Lipinski definition) is 0. The Kier molecular flexibility index (Phi) is 4.21. The first-order valence-corrected chi connectivity index (χ1v) is 9.49. The number of sulfone groups is 1. The molecule has 0 radical (unpaired) electrons. The molecular formula is C16H20FNO3S. The molecule has 1 unspecified atom stereocenters. The Balaban J connectivity index is 1.63. The molecule has 0 aromatic heterocycles. The molecule has 1 aliphatic heterocycles. The van der Waals surface area contributed by atoms with Gasteiger partial charge in [0.2, 0.25) is 5.91 Å². The third kappa shape index (κ3) is 3.85. The molecule has 3 rings (SSSR count). The number of carbonyl (C=O) groups is 1. The molecule has 1 saturated carbocycles. The van der Waals surface area contributed by atoms with Gasteiger partial charge >= 0.3 is 0 Å². The Morgan fingerprint density at radius 3 is 2.41 bits per heavy atom. The SMILES string of the molecule is O=C(CC1CCS(=O)(=O)C1)N(Cc1ccc(F)cc1)C1CC1. The van der Waals surface area contributed by atoms with Gasteiger partial charge in [-0.2, -0.15) is 0 Å². The van der Waals surface area contributed by atoms with Crippen LogP contribution in [0.5, 0.6) is 0 Å². The first-order valence-electron chi connectivity index (χ1n) is 7.67. The van der Waals surface area contributed by atoms with Crippen LogP contribution < -0.4 is 0 Å². The Morgan fingerprint density at radius 1 is 1.18 bits per heavy atom. The number of carbonyl (C=O) groups excluding carboxylic acids is 1. The molecule has 2 fully saturated rings. The Morgan fingerprint density at radius 2 is 1.86 bits per heavy atom. The van der Waals surface area contributed by atoms with E-state index in [-0.39, 0.29) is 35.2 Å². The molecule has 1 aliphatic carbocycles. The lowest BCUT2D eigenvalue weighted by Gasteiger charge is -2.24. The van der Waals surface area contributed by atoms with Crippen LogP contribution in [-0.2, 0) is 21.2 Å². The maximum absolute atomic E-state index is 13.0. The quantitative estimate of drug-likeness (QED) is 0.833. The van der Waals surface area contributed by atoms with Gasteiger partial charge in [-0.05, 0) is 42.9 Å². The van der Waals surface area contributed by atoms with Gasteiger partial charge in [-0.1, -0.05) is 12.1 Å². The third-order valence-corrected chi connectivity index (χ3v) is 6.20. The minimum absolute atomic E-state index is 0.0222. The Labute approximate surface area is 130 Å². The van der Waals surface area contributed by atoms with Crippen molar-refractivity contribution in [2.24, 2.45) is 5.92 Å².